The van der Waals surface area contributed by atoms with Crippen LogP contribution in [0.15, 0.2) is 48.6 Å². The van der Waals surface area contributed by atoms with Crippen molar-refractivity contribution < 1.29 is 9.90 Å². The number of nitrogens with zero attached hydrogens (tertiary/aromatic N) is 2. The van der Waals surface area contributed by atoms with Gasteiger partial charge >= 0.3 is 5.97 Å². The second kappa shape index (κ2) is 7.05. The van der Waals surface area contributed by atoms with E-state index in [0.29, 0.717) is 5.56 Å². The lowest BCUT2D eigenvalue weighted by Crippen LogP contribution is -2.38. The van der Waals surface area contributed by atoms with Gasteiger partial charge in [0.25, 0.3) is 0 Å². The van der Waals surface area contributed by atoms with Crippen molar-refractivity contribution in [3.63, 3.8) is 0 Å². The van der Waals surface area contributed by atoms with Crippen molar-refractivity contribution >= 4 is 17.2 Å². The predicted octanol–water partition coefficient (Wildman–Crippen LogP) is 3.42. The highest BCUT2D eigenvalue weighted by atomic mass is 16.4. The highest BCUT2D eigenvalue weighted by Gasteiger charge is 2.32. The monoisotopic (exact) mass is 324 g/mol. The molecule has 126 valence electrons. The zero-order chi connectivity index (χ0) is 17.1. The summed E-state index contributed by atoms with van der Waals surface area (Å²) in [6, 6.07) is 5.63. The van der Waals surface area contributed by atoms with Crippen LogP contribution in [-0.4, -0.2) is 48.2 Å². The van der Waals surface area contributed by atoms with E-state index >= 15 is 0 Å². The number of carboxylic acid groups (broad SMARTS) is 1. The second-order valence-electron chi connectivity index (χ2n) is 6.09. The summed E-state index contributed by atoms with van der Waals surface area (Å²) in [4.78, 5) is 16.1. The minimum atomic E-state index is -0.877. The van der Waals surface area contributed by atoms with E-state index in [2.05, 4.69) is 48.0 Å². The maximum absolute atomic E-state index is 11.4. The molecule has 0 spiro atoms. The van der Waals surface area contributed by atoms with Crippen LogP contribution in [0.1, 0.15) is 29.8 Å². The summed E-state index contributed by atoms with van der Waals surface area (Å²) in [5, 5.41) is 9.33. The lowest BCUT2D eigenvalue weighted by molar-refractivity contribution is 0.0697. The molecule has 1 aliphatic heterocycles. The fourth-order valence-corrected chi connectivity index (χ4v) is 3.46. The Morgan fingerprint density at radius 3 is 2.71 bits per heavy atom. The summed E-state index contributed by atoms with van der Waals surface area (Å²) in [6.07, 6.45) is 10.5. The summed E-state index contributed by atoms with van der Waals surface area (Å²) in [5.41, 5.74) is 3.75. The van der Waals surface area contributed by atoms with Gasteiger partial charge in [-0.3, -0.25) is 0 Å². The third-order valence-corrected chi connectivity index (χ3v) is 4.86. The Hall–Kier alpha value is -2.33. The predicted molar refractivity (Wildman–Crippen MR) is 98.6 cm³/mol. The van der Waals surface area contributed by atoms with Gasteiger partial charge in [0.05, 0.1) is 11.6 Å². The van der Waals surface area contributed by atoms with E-state index in [-0.39, 0.29) is 6.04 Å². The molecule has 0 radical (unpaired) electrons. The Morgan fingerprint density at radius 1 is 1.21 bits per heavy atom. The molecule has 1 atom stereocenters. The molecule has 0 bridgehead atoms. The van der Waals surface area contributed by atoms with Gasteiger partial charge in [-0.05, 0) is 30.8 Å². The normalized spacial score (nSPS) is 18.4. The van der Waals surface area contributed by atoms with Crippen molar-refractivity contribution in [3.8, 4) is 0 Å². The Bertz CT molecular complexity index is 714. The lowest BCUT2D eigenvalue weighted by atomic mass is 10.0. The quantitative estimate of drug-likeness (QED) is 0.871. The molecule has 1 N–H and O–H groups in total. The van der Waals surface area contributed by atoms with Crippen LogP contribution in [0.25, 0.3) is 5.57 Å². The van der Waals surface area contributed by atoms with Gasteiger partial charge in [0.15, 0.2) is 0 Å². The van der Waals surface area contributed by atoms with Crippen LogP contribution >= 0.6 is 0 Å². The fourth-order valence-electron chi connectivity index (χ4n) is 3.46. The first-order chi connectivity index (χ1) is 11.7. The molecule has 1 heterocycles. The van der Waals surface area contributed by atoms with Crippen LogP contribution in [0.5, 0.6) is 0 Å². The lowest BCUT2D eigenvalue weighted by Gasteiger charge is -2.29. The molecule has 0 aromatic heterocycles. The molecule has 1 aromatic carbocycles. The molecule has 1 aromatic rings. The smallest absolute Gasteiger partial charge is 0.335 e. The van der Waals surface area contributed by atoms with Crippen LogP contribution in [-0.2, 0) is 0 Å². The first-order valence-electron chi connectivity index (χ1n) is 8.57. The Kier molecular flexibility index (Phi) is 4.86. The molecule has 0 amide bonds. The number of hydrogen-bond acceptors (Lipinski definition) is 3. The molecule has 1 unspecified atom stereocenters. The summed E-state index contributed by atoms with van der Waals surface area (Å²) >= 11 is 0. The number of allylic oxidation sites excluding steroid dienone is 4. The molecule has 0 fully saturated rings. The highest BCUT2D eigenvalue weighted by Crippen LogP contribution is 2.42. The Balaban J connectivity index is 1.98. The standard InChI is InChI=1S/C20H24N2O2/c1-3-21(4-2)12-13-22-18-9-7-5-6-8-16(18)17-11-10-15(20(23)24)14-19(17)22/h5-11,14,18H,3-4,12-13H2,1-2H3,(H,23,24). The highest BCUT2D eigenvalue weighted by molar-refractivity contribution is 5.95. The van der Waals surface area contributed by atoms with Crippen molar-refractivity contribution in [1.82, 2.24) is 4.90 Å². The van der Waals surface area contributed by atoms with Gasteiger partial charge in [-0.1, -0.05) is 50.3 Å². The molecule has 24 heavy (non-hydrogen) atoms. The second-order valence-corrected chi connectivity index (χ2v) is 6.09. The molecule has 4 nitrogen and oxygen atoms in total. The first-order valence-corrected chi connectivity index (χ1v) is 8.57. The number of rotatable bonds is 6. The zero-order valence-electron chi connectivity index (χ0n) is 14.3. The van der Waals surface area contributed by atoms with E-state index in [4.69, 9.17) is 0 Å². The van der Waals surface area contributed by atoms with E-state index in [1.54, 1.807) is 6.07 Å². The molecule has 0 saturated heterocycles. The Labute approximate surface area is 143 Å². The van der Waals surface area contributed by atoms with Crippen LogP contribution < -0.4 is 4.90 Å². The van der Waals surface area contributed by atoms with Crippen LogP contribution in [0.4, 0.5) is 5.69 Å². The van der Waals surface area contributed by atoms with Gasteiger partial charge in [-0.2, -0.15) is 0 Å². The maximum atomic E-state index is 11.4. The minimum absolute atomic E-state index is 0.176. The summed E-state index contributed by atoms with van der Waals surface area (Å²) in [7, 11) is 0. The van der Waals surface area contributed by atoms with Gasteiger partial charge in [0, 0.05) is 24.3 Å². The van der Waals surface area contributed by atoms with E-state index in [1.807, 2.05) is 18.2 Å². The number of aromatic carboxylic acids is 1. The number of carboxylic acids is 1. The minimum Gasteiger partial charge on any atom is -0.478 e. The largest absolute Gasteiger partial charge is 0.478 e. The Morgan fingerprint density at radius 2 is 2.00 bits per heavy atom. The molecule has 0 saturated carbocycles. The molecule has 2 aliphatic rings. The number of anilines is 1. The van der Waals surface area contributed by atoms with Crippen molar-refractivity contribution in [2.75, 3.05) is 31.1 Å². The molecule has 1 aliphatic carbocycles. The number of carbonyl (C=O) groups is 1. The van der Waals surface area contributed by atoms with Gasteiger partial charge < -0.3 is 14.9 Å². The number of benzene rings is 1. The van der Waals surface area contributed by atoms with Crippen molar-refractivity contribution in [1.29, 1.82) is 0 Å². The topological polar surface area (TPSA) is 43.8 Å². The average Bonchev–Trinajstić information content (AvgIpc) is 2.74. The molecule has 3 rings (SSSR count). The van der Waals surface area contributed by atoms with Crippen LogP contribution in [0, 0.1) is 0 Å². The number of fused-ring (bicyclic) bond motifs is 3. The number of hydrogen-bond donors (Lipinski definition) is 1. The third-order valence-electron chi connectivity index (χ3n) is 4.86. The van der Waals surface area contributed by atoms with E-state index < -0.39 is 5.97 Å². The van der Waals surface area contributed by atoms with E-state index in [0.717, 1.165) is 37.4 Å². The van der Waals surface area contributed by atoms with Crippen LogP contribution in [0.3, 0.4) is 0 Å². The average molecular weight is 324 g/mol. The zero-order valence-corrected chi connectivity index (χ0v) is 14.3. The van der Waals surface area contributed by atoms with Crippen molar-refractivity contribution in [2.45, 2.75) is 19.9 Å². The summed E-state index contributed by atoms with van der Waals surface area (Å²) < 4.78 is 0. The molecular formula is C20H24N2O2. The number of likely N-dealkylation sites (N-methyl/N-ethyl adjacent to an activating group) is 1. The molecule has 4 heteroatoms. The van der Waals surface area contributed by atoms with Crippen molar-refractivity contribution in [3.05, 3.63) is 59.7 Å². The SMILES string of the molecule is CCN(CC)CCN1c2cc(C(=O)O)ccc2C2=CC=CC=CC21. The van der Waals surface area contributed by atoms with Gasteiger partial charge in [-0.25, -0.2) is 4.79 Å². The summed E-state index contributed by atoms with van der Waals surface area (Å²) in [5.74, 6) is -0.877. The van der Waals surface area contributed by atoms with Gasteiger partial charge in [-0.15, -0.1) is 0 Å². The van der Waals surface area contributed by atoms with Crippen molar-refractivity contribution in [2.24, 2.45) is 0 Å². The molecular weight excluding hydrogens is 300 g/mol. The first kappa shape index (κ1) is 16.5. The maximum Gasteiger partial charge on any atom is 0.335 e. The summed E-state index contributed by atoms with van der Waals surface area (Å²) in [6.45, 7) is 8.24. The van der Waals surface area contributed by atoms with Gasteiger partial charge in [0.1, 0.15) is 0 Å². The van der Waals surface area contributed by atoms with E-state index in [1.165, 1.54) is 5.57 Å². The van der Waals surface area contributed by atoms with E-state index in [9.17, 15) is 9.90 Å². The third kappa shape index (κ3) is 3.02. The van der Waals surface area contributed by atoms with Gasteiger partial charge in [0.2, 0.25) is 0 Å². The van der Waals surface area contributed by atoms with Crippen LogP contribution in [0.2, 0.25) is 0 Å². The fraction of sp³-hybridized carbons (Fsp3) is 0.350.